The van der Waals surface area contributed by atoms with Gasteiger partial charge < -0.3 is 25.5 Å². The molecule has 3 rings (SSSR count). The number of phosphoric ester groups is 1. The van der Waals surface area contributed by atoms with Crippen LogP contribution in [0.4, 0.5) is 0 Å². The molecular formula is C6H9O9P. The summed E-state index contributed by atoms with van der Waals surface area (Å²) in [6.45, 7) is 0. The second kappa shape index (κ2) is 2.66. The summed E-state index contributed by atoms with van der Waals surface area (Å²) in [4.78, 5) is 0. The lowest BCUT2D eigenvalue weighted by molar-refractivity contribution is -0.397. The van der Waals surface area contributed by atoms with Crippen molar-refractivity contribution in [1.29, 1.82) is 0 Å². The molecule has 0 spiro atoms. The Balaban J connectivity index is 2.16. The highest BCUT2D eigenvalue weighted by molar-refractivity contribution is 7.49. The zero-order valence-electron chi connectivity index (χ0n) is 7.63. The van der Waals surface area contributed by atoms with Gasteiger partial charge in [-0.3, -0.25) is 4.52 Å². The van der Waals surface area contributed by atoms with Gasteiger partial charge in [0.05, 0.1) is 0 Å². The molecule has 2 unspecified atom stereocenters. The van der Waals surface area contributed by atoms with Crippen LogP contribution < -0.4 is 0 Å². The Morgan fingerprint density at radius 2 is 1.56 bits per heavy atom. The first kappa shape index (κ1) is 11.0. The molecule has 92 valence electrons. The molecule has 2 aliphatic heterocycles. The van der Waals surface area contributed by atoms with Crippen LogP contribution in [0.2, 0.25) is 0 Å². The Morgan fingerprint density at radius 1 is 1.00 bits per heavy atom. The molecule has 3 fully saturated rings. The van der Waals surface area contributed by atoms with Gasteiger partial charge in [0.1, 0.15) is 18.3 Å². The summed E-state index contributed by atoms with van der Waals surface area (Å²) >= 11 is 0. The van der Waals surface area contributed by atoms with Crippen molar-refractivity contribution in [2.45, 2.75) is 36.0 Å². The Hall–Kier alpha value is -0.0900. The second-order valence-electron chi connectivity index (χ2n) is 3.97. The summed E-state index contributed by atoms with van der Waals surface area (Å²) in [5, 5.41) is 48.1. The van der Waals surface area contributed by atoms with Gasteiger partial charge in [-0.25, -0.2) is 13.6 Å². The largest absolute Gasteiger partial charge is 0.481 e. The number of rotatable bonds is 0. The highest BCUT2D eigenvalue weighted by Gasteiger charge is 2.83. The highest BCUT2D eigenvalue weighted by Crippen LogP contribution is 2.73. The van der Waals surface area contributed by atoms with E-state index in [1.165, 1.54) is 0 Å². The third-order valence-corrected chi connectivity index (χ3v) is 4.52. The SMILES string of the molecule is O=P12OC3[C@H](O)[C@H](O)[C@@H](O)[C@@](O)(O1)[C@]3(O)O2. The maximum absolute atomic E-state index is 11.6. The van der Waals surface area contributed by atoms with Gasteiger partial charge in [0, 0.05) is 0 Å². The first-order chi connectivity index (χ1) is 7.24. The standard InChI is InChI=1S/C6H9O9P/c7-1-2(8)4-6(11)5(10,3(1)9)14-16(12,13-4)15-6/h1-4,7-11H/t1-,2+,3+,4?,5+,6+,16?/m0/s1. The molecule has 0 aromatic rings. The predicted octanol–water partition coefficient (Wildman–Crippen LogP) is -2.99. The van der Waals surface area contributed by atoms with Crippen molar-refractivity contribution < 1.29 is 43.7 Å². The highest BCUT2D eigenvalue weighted by atomic mass is 31.2. The van der Waals surface area contributed by atoms with Crippen LogP contribution in [-0.2, 0) is 18.1 Å². The summed E-state index contributed by atoms with van der Waals surface area (Å²) in [5.74, 6) is -5.45. The predicted molar refractivity (Wildman–Crippen MR) is 42.6 cm³/mol. The van der Waals surface area contributed by atoms with Crippen molar-refractivity contribution >= 4 is 7.82 Å². The van der Waals surface area contributed by atoms with Gasteiger partial charge in [0.25, 0.3) is 11.6 Å². The van der Waals surface area contributed by atoms with E-state index in [1.54, 1.807) is 0 Å². The average molecular weight is 256 g/mol. The molecule has 0 aromatic carbocycles. The Morgan fingerprint density at radius 3 is 2.12 bits per heavy atom. The lowest BCUT2D eigenvalue weighted by Crippen LogP contribution is -2.76. The van der Waals surface area contributed by atoms with Crippen LogP contribution >= 0.6 is 7.82 Å². The zero-order chi connectivity index (χ0) is 11.9. The lowest BCUT2D eigenvalue weighted by Gasteiger charge is -2.48. The van der Waals surface area contributed by atoms with Gasteiger partial charge in [0.15, 0.2) is 6.10 Å². The van der Waals surface area contributed by atoms with Gasteiger partial charge in [-0.1, -0.05) is 0 Å². The number of hydrogen-bond donors (Lipinski definition) is 5. The summed E-state index contributed by atoms with van der Waals surface area (Å²) in [6, 6.07) is 0. The van der Waals surface area contributed by atoms with E-state index in [0.717, 1.165) is 0 Å². The molecule has 2 bridgehead atoms. The molecule has 2 heterocycles. The summed E-state index contributed by atoms with van der Waals surface area (Å²) in [7, 11) is -4.22. The molecule has 1 aliphatic carbocycles. The van der Waals surface area contributed by atoms with Gasteiger partial charge in [-0.15, -0.1) is 0 Å². The summed E-state index contributed by atoms with van der Waals surface area (Å²) in [6.07, 6.45) is -7.33. The number of hydrogen-bond acceptors (Lipinski definition) is 9. The molecule has 9 nitrogen and oxygen atoms in total. The number of aliphatic hydroxyl groups excluding tert-OH is 3. The fraction of sp³-hybridized carbons (Fsp3) is 1.00. The fourth-order valence-corrected chi connectivity index (χ4v) is 3.98. The molecule has 3 aliphatic rings. The van der Waals surface area contributed by atoms with Gasteiger partial charge in [0.2, 0.25) is 0 Å². The molecule has 0 radical (unpaired) electrons. The molecular weight excluding hydrogens is 247 g/mol. The Kier molecular flexibility index (Phi) is 1.84. The molecule has 10 heteroatoms. The average Bonchev–Trinajstić information content (AvgIpc) is 2.57. The van der Waals surface area contributed by atoms with E-state index in [-0.39, 0.29) is 0 Å². The van der Waals surface area contributed by atoms with Crippen molar-refractivity contribution in [1.82, 2.24) is 0 Å². The normalized spacial score (nSPS) is 68.6. The van der Waals surface area contributed by atoms with Crippen molar-refractivity contribution in [3.8, 4) is 0 Å². The Bertz CT molecular complexity index is 397. The number of phosphoric acid groups is 1. The van der Waals surface area contributed by atoms with E-state index in [2.05, 4.69) is 13.6 Å². The van der Waals surface area contributed by atoms with Crippen LogP contribution in [0.3, 0.4) is 0 Å². The summed E-state index contributed by atoms with van der Waals surface area (Å²) < 4.78 is 25.1. The minimum Gasteiger partial charge on any atom is -0.387 e. The number of aliphatic hydroxyl groups is 5. The first-order valence-electron chi connectivity index (χ1n) is 4.42. The van der Waals surface area contributed by atoms with E-state index in [4.69, 9.17) is 0 Å². The minimum atomic E-state index is -4.22. The second-order valence-corrected chi connectivity index (χ2v) is 5.45. The van der Waals surface area contributed by atoms with Crippen LogP contribution in [0.5, 0.6) is 0 Å². The molecule has 0 aromatic heterocycles. The van der Waals surface area contributed by atoms with Crippen molar-refractivity contribution in [3.63, 3.8) is 0 Å². The molecule has 1 saturated carbocycles. The monoisotopic (exact) mass is 256 g/mol. The van der Waals surface area contributed by atoms with E-state index in [1.807, 2.05) is 0 Å². The maximum atomic E-state index is 11.6. The van der Waals surface area contributed by atoms with Gasteiger partial charge in [-0.2, -0.15) is 0 Å². The Labute approximate surface area is 88.4 Å². The molecule has 5 N–H and O–H groups in total. The van der Waals surface area contributed by atoms with Crippen LogP contribution in [0, 0.1) is 0 Å². The molecule has 7 atom stereocenters. The minimum absolute atomic E-state index is 1.66. The molecule has 0 amide bonds. The quantitative estimate of drug-likeness (QED) is 0.286. The zero-order valence-corrected chi connectivity index (χ0v) is 8.52. The van der Waals surface area contributed by atoms with E-state index >= 15 is 0 Å². The van der Waals surface area contributed by atoms with Crippen molar-refractivity contribution in [2.24, 2.45) is 0 Å². The van der Waals surface area contributed by atoms with Gasteiger partial charge in [-0.05, 0) is 0 Å². The van der Waals surface area contributed by atoms with E-state index < -0.39 is 43.8 Å². The first-order valence-corrected chi connectivity index (χ1v) is 5.88. The van der Waals surface area contributed by atoms with Crippen LogP contribution in [0.15, 0.2) is 0 Å². The third-order valence-electron chi connectivity index (χ3n) is 3.03. The molecule has 2 saturated heterocycles. The van der Waals surface area contributed by atoms with Crippen LogP contribution in [0.25, 0.3) is 0 Å². The summed E-state index contributed by atoms with van der Waals surface area (Å²) in [5.41, 5.74) is 0. The maximum Gasteiger partial charge on any atom is 0.481 e. The van der Waals surface area contributed by atoms with Crippen LogP contribution in [-0.4, -0.2) is 61.5 Å². The van der Waals surface area contributed by atoms with E-state index in [9.17, 15) is 30.1 Å². The van der Waals surface area contributed by atoms with Crippen LogP contribution in [0.1, 0.15) is 0 Å². The van der Waals surface area contributed by atoms with Crippen molar-refractivity contribution in [2.75, 3.05) is 0 Å². The lowest BCUT2D eigenvalue weighted by atomic mass is 9.79. The molecule has 16 heavy (non-hydrogen) atoms. The smallest absolute Gasteiger partial charge is 0.387 e. The van der Waals surface area contributed by atoms with Crippen molar-refractivity contribution in [3.05, 3.63) is 0 Å². The fourth-order valence-electron chi connectivity index (χ4n) is 2.16. The number of fused-ring (bicyclic) bond motifs is 1. The third kappa shape index (κ3) is 0.931. The topological polar surface area (TPSA) is 146 Å². The van der Waals surface area contributed by atoms with Gasteiger partial charge >= 0.3 is 7.82 Å². The van der Waals surface area contributed by atoms with E-state index in [0.29, 0.717) is 0 Å².